The van der Waals surface area contributed by atoms with Crippen LogP contribution in [-0.4, -0.2) is 22.7 Å². The molecule has 0 aromatic heterocycles. The average molecular weight is 257 g/mol. The Labute approximate surface area is 107 Å². The molecule has 0 aliphatic carbocycles. The number of phenols is 1. The second-order valence-corrected chi connectivity index (χ2v) is 5.43. The lowest BCUT2D eigenvalue weighted by Gasteiger charge is -2.14. The lowest BCUT2D eigenvalue weighted by molar-refractivity contribution is 0.455. The minimum Gasteiger partial charge on any atom is -0.508 e. The summed E-state index contributed by atoms with van der Waals surface area (Å²) < 4.78 is 13.0. The van der Waals surface area contributed by atoms with Gasteiger partial charge in [0.2, 0.25) is 0 Å². The molecule has 96 valence electrons. The monoisotopic (exact) mass is 257 g/mol. The van der Waals surface area contributed by atoms with Crippen molar-refractivity contribution in [2.24, 2.45) is 0 Å². The van der Waals surface area contributed by atoms with E-state index in [1.165, 1.54) is 18.2 Å². The van der Waals surface area contributed by atoms with Crippen molar-refractivity contribution in [1.82, 2.24) is 5.32 Å². The number of rotatable bonds is 7. The number of aromatic hydroxyl groups is 1. The van der Waals surface area contributed by atoms with Crippen LogP contribution in [0.1, 0.15) is 25.8 Å². The predicted molar refractivity (Wildman–Crippen MR) is 72.0 cm³/mol. The van der Waals surface area contributed by atoms with Crippen LogP contribution >= 0.6 is 11.8 Å². The lowest BCUT2D eigenvalue weighted by Crippen LogP contribution is -2.26. The van der Waals surface area contributed by atoms with Crippen molar-refractivity contribution in [2.45, 2.75) is 32.9 Å². The Kier molecular flexibility index (Phi) is 6.37. The molecule has 1 atom stereocenters. The molecule has 0 bridgehead atoms. The van der Waals surface area contributed by atoms with Gasteiger partial charge in [-0.25, -0.2) is 4.39 Å². The standard InChI is InChI=1S/C13H20FNOS/c1-3-17-7-6-10(2)15-9-11-8-12(14)4-5-13(11)16/h4-5,8,10,15-16H,3,6-7,9H2,1-2H3. The zero-order valence-corrected chi connectivity index (χ0v) is 11.2. The Balaban J connectivity index is 2.36. The zero-order chi connectivity index (χ0) is 12.7. The molecular weight excluding hydrogens is 237 g/mol. The van der Waals surface area contributed by atoms with E-state index in [0.29, 0.717) is 18.2 Å². The predicted octanol–water partition coefficient (Wildman–Crippen LogP) is 3.15. The molecule has 2 N–H and O–H groups in total. The lowest BCUT2D eigenvalue weighted by atomic mass is 10.1. The molecule has 2 nitrogen and oxygen atoms in total. The van der Waals surface area contributed by atoms with Crippen molar-refractivity contribution in [3.05, 3.63) is 29.6 Å². The summed E-state index contributed by atoms with van der Waals surface area (Å²) in [5.74, 6) is 2.10. The van der Waals surface area contributed by atoms with E-state index < -0.39 is 0 Å². The largest absolute Gasteiger partial charge is 0.508 e. The third-order valence-electron chi connectivity index (χ3n) is 2.58. The van der Waals surface area contributed by atoms with Crippen LogP contribution in [0.3, 0.4) is 0 Å². The first kappa shape index (κ1) is 14.3. The van der Waals surface area contributed by atoms with Gasteiger partial charge in [0.1, 0.15) is 11.6 Å². The van der Waals surface area contributed by atoms with E-state index in [1.807, 2.05) is 11.8 Å². The van der Waals surface area contributed by atoms with Gasteiger partial charge in [0.15, 0.2) is 0 Å². The number of nitrogens with one attached hydrogen (secondary N) is 1. The van der Waals surface area contributed by atoms with Crippen LogP contribution in [0, 0.1) is 5.82 Å². The Morgan fingerprint density at radius 2 is 2.24 bits per heavy atom. The quantitative estimate of drug-likeness (QED) is 0.736. The number of thioether (sulfide) groups is 1. The molecule has 17 heavy (non-hydrogen) atoms. The summed E-state index contributed by atoms with van der Waals surface area (Å²) >= 11 is 1.91. The Bertz CT molecular complexity index is 346. The molecule has 0 radical (unpaired) electrons. The molecule has 0 aliphatic heterocycles. The summed E-state index contributed by atoms with van der Waals surface area (Å²) in [6, 6.07) is 4.40. The highest BCUT2D eigenvalue weighted by molar-refractivity contribution is 7.99. The van der Waals surface area contributed by atoms with Gasteiger partial charge in [-0.15, -0.1) is 0 Å². The first-order chi connectivity index (χ1) is 8.13. The van der Waals surface area contributed by atoms with Crippen molar-refractivity contribution in [2.75, 3.05) is 11.5 Å². The van der Waals surface area contributed by atoms with E-state index in [2.05, 4.69) is 19.2 Å². The van der Waals surface area contributed by atoms with Crippen molar-refractivity contribution in [3.63, 3.8) is 0 Å². The minimum absolute atomic E-state index is 0.147. The molecule has 1 unspecified atom stereocenters. The Hall–Kier alpha value is -0.740. The summed E-state index contributed by atoms with van der Waals surface area (Å²) in [7, 11) is 0. The van der Waals surface area contributed by atoms with Crippen LogP contribution in [0.15, 0.2) is 18.2 Å². The fourth-order valence-electron chi connectivity index (χ4n) is 1.49. The van der Waals surface area contributed by atoms with Crippen LogP contribution in [0.25, 0.3) is 0 Å². The van der Waals surface area contributed by atoms with Gasteiger partial charge in [0.25, 0.3) is 0 Å². The maximum Gasteiger partial charge on any atom is 0.123 e. The minimum atomic E-state index is -0.311. The molecule has 4 heteroatoms. The third-order valence-corrected chi connectivity index (χ3v) is 3.51. The number of hydrogen-bond donors (Lipinski definition) is 2. The molecule has 0 heterocycles. The summed E-state index contributed by atoms with van der Waals surface area (Å²) in [6.45, 7) is 4.75. The number of hydrogen-bond acceptors (Lipinski definition) is 3. The van der Waals surface area contributed by atoms with Crippen molar-refractivity contribution in [3.8, 4) is 5.75 Å². The second-order valence-electron chi connectivity index (χ2n) is 4.04. The highest BCUT2D eigenvalue weighted by Gasteiger charge is 2.05. The van der Waals surface area contributed by atoms with Crippen LogP contribution in [0.4, 0.5) is 4.39 Å². The van der Waals surface area contributed by atoms with Gasteiger partial charge in [-0.05, 0) is 43.0 Å². The van der Waals surface area contributed by atoms with Gasteiger partial charge >= 0.3 is 0 Å². The fraction of sp³-hybridized carbons (Fsp3) is 0.538. The van der Waals surface area contributed by atoms with Crippen LogP contribution in [0.5, 0.6) is 5.75 Å². The molecule has 1 aromatic carbocycles. The Morgan fingerprint density at radius 3 is 2.94 bits per heavy atom. The highest BCUT2D eigenvalue weighted by Crippen LogP contribution is 2.17. The molecule has 0 amide bonds. The summed E-state index contributed by atoms with van der Waals surface area (Å²) in [4.78, 5) is 0. The Morgan fingerprint density at radius 1 is 1.47 bits per heavy atom. The second kappa shape index (κ2) is 7.56. The van der Waals surface area contributed by atoms with Gasteiger partial charge in [0, 0.05) is 18.2 Å². The van der Waals surface area contributed by atoms with Crippen LogP contribution < -0.4 is 5.32 Å². The summed E-state index contributed by atoms with van der Waals surface area (Å²) in [6.07, 6.45) is 1.08. The SMILES string of the molecule is CCSCCC(C)NCc1cc(F)ccc1O. The van der Waals surface area contributed by atoms with E-state index in [1.54, 1.807) is 0 Å². The number of halogens is 1. The van der Waals surface area contributed by atoms with E-state index in [9.17, 15) is 9.50 Å². The smallest absolute Gasteiger partial charge is 0.123 e. The molecule has 0 fully saturated rings. The maximum atomic E-state index is 13.0. The first-order valence-corrected chi connectivity index (χ1v) is 7.07. The van der Waals surface area contributed by atoms with Gasteiger partial charge in [-0.3, -0.25) is 0 Å². The molecule has 0 aliphatic rings. The van der Waals surface area contributed by atoms with E-state index in [4.69, 9.17) is 0 Å². The molecule has 1 aromatic rings. The molecular formula is C13H20FNOS. The van der Waals surface area contributed by atoms with Crippen molar-refractivity contribution in [1.29, 1.82) is 0 Å². The summed E-state index contributed by atoms with van der Waals surface area (Å²) in [5.41, 5.74) is 0.611. The fourth-order valence-corrected chi connectivity index (χ4v) is 2.30. The molecule has 0 saturated heterocycles. The van der Waals surface area contributed by atoms with Gasteiger partial charge in [-0.2, -0.15) is 11.8 Å². The van der Waals surface area contributed by atoms with E-state index in [-0.39, 0.29) is 11.6 Å². The number of benzene rings is 1. The normalized spacial score (nSPS) is 12.6. The van der Waals surface area contributed by atoms with Crippen LogP contribution in [0.2, 0.25) is 0 Å². The van der Waals surface area contributed by atoms with Crippen LogP contribution in [-0.2, 0) is 6.54 Å². The average Bonchev–Trinajstić information content (AvgIpc) is 2.31. The van der Waals surface area contributed by atoms with Gasteiger partial charge in [0.05, 0.1) is 0 Å². The summed E-state index contributed by atoms with van der Waals surface area (Å²) in [5, 5.41) is 12.8. The molecule has 0 saturated carbocycles. The molecule has 0 spiro atoms. The topological polar surface area (TPSA) is 32.3 Å². The van der Waals surface area contributed by atoms with E-state index >= 15 is 0 Å². The molecule has 1 rings (SSSR count). The number of phenolic OH excluding ortho intramolecular Hbond substituents is 1. The first-order valence-electron chi connectivity index (χ1n) is 5.92. The van der Waals surface area contributed by atoms with E-state index in [0.717, 1.165) is 17.9 Å². The third kappa shape index (κ3) is 5.41. The maximum absolute atomic E-state index is 13.0. The highest BCUT2D eigenvalue weighted by atomic mass is 32.2. The van der Waals surface area contributed by atoms with Crippen molar-refractivity contribution < 1.29 is 9.50 Å². The van der Waals surface area contributed by atoms with Crippen molar-refractivity contribution >= 4 is 11.8 Å². The van der Waals surface area contributed by atoms with Gasteiger partial charge < -0.3 is 10.4 Å². The zero-order valence-electron chi connectivity index (χ0n) is 10.4. The van der Waals surface area contributed by atoms with Gasteiger partial charge in [-0.1, -0.05) is 6.92 Å².